The summed E-state index contributed by atoms with van der Waals surface area (Å²) in [5.41, 5.74) is 5.44. The third kappa shape index (κ3) is 2.55. The second kappa shape index (κ2) is 4.61. The predicted octanol–water partition coefficient (Wildman–Crippen LogP) is -0.123. The van der Waals surface area contributed by atoms with E-state index >= 15 is 0 Å². The second-order valence-corrected chi connectivity index (χ2v) is 2.58. The molecule has 0 bridgehead atoms. The Morgan fingerprint density at radius 1 is 1.62 bits per heavy atom. The summed E-state index contributed by atoms with van der Waals surface area (Å²) >= 11 is 0. The monoisotopic (exact) mass is 182 g/mol. The molecule has 5 nitrogen and oxygen atoms in total. The number of aliphatic hydroxyl groups is 1. The molecule has 0 fully saturated rings. The average molecular weight is 182 g/mol. The van der Waals surface area contributed by atoms with Gasteiger partial charge in [-0.1, -0.05) is 0 Å². The summed E-state index contributed by atoms with van der Waals surface area (Å²) in [7, 11) is 0. The van der Waals surface area contributed by atoms with Crippen molar-refractivity contribution in [3.8, 4) is 0 Å². The molecule has 0 aliphatic heterocycles. The van der Waals surface area contributed by atoms with Crippen molar-refractivity contribution in [2.45, 2.75) is 6.92 Å². The van der Waals surface area contributed by atoms with Crippen LogP contribution in [-0.4, -0.2) is 34.8 Å². The van der Waals surface area contributed by atoms with Gasteiger partial charge in [0, 0.05) is 19.3 Å². The predicted molar refractivity (Wildman–Crippen MR) is 51.4 cm³/mol. The first-order valence-electron chi connectivity index (χ1n) is 4.22. The fraction of sp³-hybridized carbons (Fsp3) is 0.500. The molecule has 1 heterocycles. The first kappa shape index (κ1) is 9.73. The van der Waals surface area contributed by atoms with Gasteiger partial charge in [-0.25, -0.2) is 4.98 Å². The van der Waals surface area contributed by atoms with Crippen LogP contribution in [0.5, 0.6) is 0 Å². The zero-order valence-electron chi connectivity index (χ0n) is 7.64. The highest BCUT2D eigenvalue weighted by atomic mass is 16.3. The highest BCUT2D eigenvalue weighted by Gasteiger charge is 2.04. The molecule has 1 aromatic rings. The normalized spacial score (nSPS) is 10.0. The number of anilines is 2. The largest absolute Gasteiger partial charge is 0.395 e. The van der Waals surface area contributed by atoms with Crippen LogP contribution in [0.1, 0.15) is 6.92 Å². The smallest absolute Gasteiger partial charge is 0.221 e. The van der Waals surface area contributed by atoms with Crippen molar-refractivity contribution < 1.29 is 5.11 Å². The summed E-state index contributed by atoms with van der Waals surface area (Å²) in [6.07, 6.45) is 1.61. The molecule has 72 valence electrons. The van der Waals surface area contributed by atoms with Gasteiger partial charge in [0.15, 0.2) is 0 Å². The number of nitrogen functional groups attached to an aromatic ring is 1. The molecule has 13 heavy (non-hydrogen) atoms. The first-order chi connectivity index (χ1) is 6.27. The Bertz CT molecular complexity index is 266. The molecule has 0 saturated heterocycles. The van der Waals surface area contributed by atoms with E-state index in [0.29, 0.717) is 6.54 Å². The van der Waals surface area contributed by atoms with Gasteiger partial charge in [0.05, 0.1) is 6.61 Å². The van der Waals surface area contributed by atoms with Gasteiger partial charge in [-0.2, -0.15) is 4.98 Å². The van der Waals surface area contributed by atoms with Crippen LogP contribution in [0.15, 0.2) is 12.3 Å². The lowest BCUT2D eigenvalue weighted by Gasteiger charge is -2.20. The SMILES string of the molecule is CCN(CCO)c1ccnc(N)n1. The summed E-state index contributed by atoms with van der Waals surface area (Å²) in [6.45, 7) is 3.45. The van der Waals surface area contributed by atoms with E-state index in [2.05, 4.69) is 9.97 Å². The molecule has 0 spiro atoms. The molecule has 0 atom stereocenters. The number of aliphatic hydroxyl groups excluding tert-OH is 1. The van der Waals surface area contributed by atoms with E-state index < -0.39 is 0 Å². The number of likely N-dealkylation sites (N-methyl/N-ethyl adjacent to an activating group) is 1. The van der Waals surface area contributed by atoms with Gasteiger partial charge in [-0.3, -0.25) is 0 Å². The Labute approximate surface area is 77.2 Å². The molecule has 0 radical (unpaired) electrons. The lowest BCUT2D eigenvalue weighted by atomic mass is 10.4. The van der Waals surface area contributed by atoms with Crippen molar-refractivity contribution in [2.75, 3.05) is 30.3 Å². The molecule has 0 aliphatic carbocycles. The first-order valence-corrected chi connectivity index (χ1v) is 4.22. The summed E-state index contributed by atoms with van der Waals surface area (Å²) in [5.74, 6) is 1.01. The molecule has 0 unspecified atom stereocenters. The van der Waals surface area contributed by atoms with E-state index in [9.17, 15) is 0 Å². The average Bonchev–Trinajstić information content (AvgIpc) is 2.14. The third-order valence-corrected chi connectivity index (χ3v) is 1.74. The van der Waals surface area contributed by atoms with Gasteiger partial charge in [0.1, 0.15) is 5.82 Å². The minimum absolute atomic E-state index is 0.109. The molecule has 1 rings (SSSR count). The fourth-order valence-corrected chi connectivity index (χ4v) is 1.10. The van der Waals surface area contributed by atoms with E-state index in [1.807, 2.05) is 11.8 Å². The number of nitrogens with two attached hydrogens (primary N) is 1. The topological polar surface area (TPSA) is 75.3 Å². The highest BCUT2D eigenvalue weighted by Crippen LogP contribution is 2.09. The van der Waals surface area contributed by atoms with Gasteiger partial charge in [-0.15, -0.1) is 0 Å². The van der Waals surface area contributed by atoms with E-state index in [1.165, 1.54) is 0 Å². The minimum Gasteiger partial charge on any atom is -0.395 e. The van der Waals surface area contributed by atoms with Crippen LogP contribution in [0.2, 0.25) is 0 Å². The summed E-state index contributed by atoms with van der Waals surface area (Å²) < 4.78 is 0. The van der Waals surface area contributed by atoms with Crippen LogP contribution in [0, 0.1) is 0 Å². The van der Waals surface area contributed by atoms with Crippen molar-refractivity contribution in [1.29, 1.82) is 0 Å². The molecule has 3 N–H and O–H groups in total. The zero-order valence-corrected chi connectivity index (χ0v) is 7.64. The molecule has 5 heteroatoms. The fourth-order valence-electron chi connectivity index (χ4n) is 1.10. The van der Waals surface area contributed by atoms with E-state index in [0.717, 1.165) is 12.4 Å². The van der Waals surface area contributed by atoms with Crippen LogP contribution >= 0.6 is 0 Å². The highest BCUT2D eigenvalue weighted by molar-refractivity contribution is 5.40. The Morgan fingerprint density at radius 3 is 2.92 bits per heavy atom. The van der Waals surface area contributed by atoms with Gasteiger partial charge in [0.2, 0.25) is 5.95 Å². The Morgan fingerprint density at radius 2 is 2.38 bits per heavy atom. The number of aromatic nitrogens is 2. The quantitative estimate of drug-likeness (QED) is 0.678. The van der Waals surface area contributed by atoms with Gasteiger partial charge in [0.25, 0.3) is 0 Å². The standard InChI is InChI=1S/C8H14N4O/c1-2-12(5-6-13)7-3-4-10-8(9)11-7/h3-4,13H,2,5-6H2,1H3,(H2,9,10,11). The van der Waals surface area contributed by atoms with Crippen LogP contribution < -0.4 is 10.6 Å². The molecule has 1 aromatic heterocycles. The second-order valence-electron chi connectivity index (χ2n) is 2.58. The molecule has 0 aromatic carbocycles. The maximum atomic E-state index is 8.78. The van der Waals surface area contributed by atoms with Crippen molar-refractivity contribution >= 4 is 11.8 Å². The summed E-state index contributed by atoms with van der Waals surface area (Å²) in [5, 5.41) is 8.78. The molecule has 0 aliphatic rings. The molecule has 0 saturated carbocycles. The Hall–Kier alpha value is -1.36. The number of hydrogen-bond acceptors (Lipinski definition) is 5. The summed E-state index contributed by atoms with van der Waals surface area (Å²) in [6, 6.07) is 1.77. The van der Waals surface area contributed by atoms with Crippen molar-refractivity contribution in [1.82, 2.24) is 9.97 Å². The van der Waals surface area contributed by atoms with Crippen LogP contribution in [0.4, 0.5) is 11.8 Å². The molecule has 0 amide bonds. The van der Waals surface area contributed by atoms with Crippen molar-refractivity contribution in [3.63, 3.8) is 0 Å². The maximum Gasteiger partial charge on any atom is 0.221 e. The van der Waals surface area contributed by atoms with E-state index in [1.54, 1.807) is 12.3 Å². The Kier molecular flexibility index (Phi) is 3.45. The maximum absolute atomic E-state index is 8.78. The van der Waals surface area contributed by atoms with Crippen LogP contribution in [0.25, 0.3) is 0 Å². The minimum atomic E-state index is 0.109. The van der Waals surface area contributed by atoms with Gasteiger partial charge in [-0.05, 0) is 13.0 Å². The van der Waals surface area contributed by atoms with E-state index in [4.69, 9.17) is 10.8 Å². The van der Waals surface area contributed by atoms with E-state index in [-0.39, 0.29) is 12.6 Å². The third-order valence-electron chi connectivity index (χ3n) is 1.74. The lowest BCUT2D eigenvalue weighted by Crippen LogP contribution is -2.27. The number of hydrogen-bond donors (Lipinski definition) is 2. The number of rotatable bonds is 4. The van der Waals surface area contributed by atoms with Gasteiger partial charge < -0.3 is 15.7 Å². The van der Waals surface area contributed by atoms with Crippen molar-refractivity contribution in [3.05, 3.63) is 12.3 Å². The summed E-state index contributed by atoms with van der Waals surface area (Å²) in [4.78, 5) is 9.77. The number of nitrogens with zero attached hydrogens (tertiary/aromatic N) is 3. The zero-order chi connectivity index (χ0) is 9.68. The van der Waals surface area contributed by atoms with Crippen molar-refractivity contribution in [2.24, 2.45) is 0 Å². The van der Waals surface area contributed by atoms with Crippen LogP contribution in [-0.2, 0) is 0 Å². The molecular formula is C8H14N4O. The van der Waals surface area contributed by atoms with Gasteiger partial charge >= 0.3 is 0 Å². The van der Waals surface area contributed by atoms with Crippen LogP contribution in [0.3, 0.4) is 0 Å². The Balaban J connectivity index is 2.78. The lowest BCUT2D eigenvalue weighted by molar-refractivity contribution is 0.302. The molecular weight excluding hydrogens is 168 g/mol.